The lowest BCUT2D eigenvalue weighted by molar-refractivity contribution is -0.137. The summed E-state index contributed by atoms with van der Waals surface area (Å²) in [5, 5.41) is 7.74. The summed E-state index contributed by atoms with van der Waals surface area (Å²) in [6, 6.07) is 12.6. The van der Waals surface area contributed by atoms with E-state index in [1.165, 1.54) is 23.9 Å². The van der Waals surface area contributed by atoms with Crippen molar-refractivity contribution >= 4 is 11.8 Å². The molecule has 0 aliphatic heterocycles. The first-order valence-electron chi connectivity index (χ1n) is 8.86. The molecule has 0 radical (unpaired) electrons. The summed E-state index contributed by atoms with van der Waals surface area (Å²) in [6.07, 6.45) is -4.43. The van der Waals surface area contributed by atoms with E-state index in [0.717, 1.165) is 23.3 Å². The van der Waals surface area contributed by atoms with E-state index in [4.69, 9.17) is 9.05 Å². The van der Waals surface area contributed by atoms with Gasteiger partial charge in [-0.3, -0.25) is 0 Å². The summed E-state index contributed by atoms with van der Waals surface area (Å²) >= 11 is 1.41. The van der Waals surface area contributed by atoms with Crippen LogP contribution in [0.25, 0.3) is 22.8 Å². The van der Waals surface area contributed by atoms with Gasteiger partial charge in [-0.05, 0) is 19.1 Å². The topological polar surface area (TPSA) is 77.8 Å². The highest BCUT2D eigenvalue weighted by molar-refractivity contribution is 7.97. The van der Waals surface area contributed by atoms with Gasteiger partial charge in [0.2, 0.25) is 23.4 Å². The van der Waals surface area contributed by atoms with Gasteiger partial charge in [-0.25, -0.2) is 0 Å². The molecule has 4 aromatic rings. The molecule has 6 nitrogen and oxygen atoms in total. The van der Waals surface area contributed by atoms with Crippen LogP contribution >= 0.6 is 11.8 Å². The number of halogens is 3. The maximum Gasteiger partial charge on any atom is 0.416 e. The summed E-state index contributed by atoms with van der Waals surface area (Å²) in [6.45, 7) is 2.00. The average molecular weight is 432 g/mol. The summed E-state index contributed by atoms with van der Waals surface area (Å²) in [7, 11) is 0. The van der Waals surface area contributed by atoms with Crippen molar-refractivity contribution in [2.75, 3.05) is 0 Å². The van der Waals surface area contributed by atoms with Crippen molar-refractivity contribution in [3.05, 3.63) is 71.4 Å². The lowest BCUT2D eigenvalue weighted by atomic mass is 10.1. The second kappa shape index (κ2) is 8.31. The molecular weight excluding hydrogens is 417 g/mol. The molecule has 0 N–H and O–H groups in total. The monoisotopic (exact) mass is 432 g/mol. The quantitative estimate of drug-likeness (QED) is 0.395. The number of alkyl halides is 3. The van der Waals surface area contributed by atoms with Crippen molar-refractivity contribution < 1.29 is 22.2 Å². The van der Waals surface area contributed by atoms with Crippen LogP contribution in [0.3, 0.4) is 0 Å². The maximum absolute atomic E-state index is 12.9. The number of aromatic nitrogens is 4. The molecule has 0 unspecified atom stereocenters. The number of nitrogens with zero attached hydrogens (tertiary/aromatic N) is 4. The summed E-state index contributed by atoms with van der Waals surface area (Å²) in [5.41, 5.74) is 1.48. The number of thioether (sulfide) groups is 1. The van der Waals surface area contributed by atoms with Gasteiger partial charge in [0.15, 0.2) is 0 Å². The summed E-state index contributed by atoms with van der Waals surface area (Å²) in [4.78, 5) is 8.52. The van der Waals surface area contributed by atoms with Crippen molar-refractivity contribution in [3.8, 4) is 22.8 Å². The predicted octanol–water partition coefficient (Wildman–Crippen LogP) is 5.55. The molecule has 154 valence electrons. The molecular formula is C20H15F3N4O2S. The second-order valence-electron chi connectivity index (χ2n) is 6.46. The lowest BCUT2D eigenvalue weighted by Crippen LogP contribution is -2.04. The van der Waals surface area contributed by atoms with Gasteiger partial charge in [-0.1, -0.05) is 52.3 Å². The van der Waals surface area contributed by atoms with Crippen LogP contribution in [0.5, 0.6) is 0 Å². The third-order valence-electron chi connectivity index (χ3n) is 4.15. The van der Waals surface area contributed by atoms with Crippen LogP contribution in [0.1, 0.15) is 22.9 Å². The van der Waals surface area contributed by atoms with Crippen LogP contribution in [0.2, 0.25) is 0 Å². The number of benzene rings is 2. The number of hydrogen-bond acceptors (Lipinski definition) is 7. The van der Waals surface area contributed by atoms with Gasteiger partial charge < -0.3 is 9.05 Å². The number of aryl methyl sites for hydroxylation is 1. The van der Waals surface area contributed by atoms with E-state index in [2.05, 4.69) is 20.3 Å². The summed E-state index contributed by atoms with van der Waals surface area (Å²) in [5.74, 6) is 2.15. The Morgan fingerprint density at radius 1 is 0.833 bits per heavy atom. The second-order valence-corrected chi connectivity index (χ2v) is 7.45. The van der Waals surface area contributed by atoms with Gasteiger partial charge in [0, 0.05) is 11.1 Å². The molecule has 0 atom stereocenters. The first-order chi connectivity index (χ1) is 14.4. The van der Waals surface area contributed by atoms with Gasteiger partial charge in [-0.2, -0.15) is 23.1 Å². The van der Waals surface area contributed by atoms with Crippen molar-refractivity contribution in [2.24, 2.45) is 0 Å². The Labute approximate surface area is 173 Å². The van der Waals surface area contributed by atoms with Crippen molar-refractivity contribution in [1.29, 1.82) is 0 Å². The van der Waals surface area contributed by atoms with Gasteiger partial charge >= 0.3 is 6.18 Å². The molecule has 0 spiro atoms. The van der Waals surface area contributed by atoms with Gasteiger partial charge in [0.25, 0.3) is 0 Å². The van der Waals surface area contributed by atoms with E-state index < -0.39 is 11.7 Å². The third kappa shape index (κ3) is 4.70. The lowest BCUT2D eigenvalue weighted by Gasteiger charge is -2.06. The van der Waals surface area contributed by atoms with E-state index >= 15 is 0 Å². The van der Waals surface area contributed by atoms with Crippen LogP contribution in [0.15, 0.2) is 57.6 Å². The minimum absolute atomic E-state index is 0.108. The third-order valence-corrected chi connectivity index (χ3v) is 5.05. The zero-order valence-electron chi connectivity index (χ0n) is 15.7. The van der Waals surface area contributed by atoms with Crippen LogP contribution < -0.4 is 0 Å². The Bertz CT molecular complexity index is 1140. The predicted molar refractivity (Wildman–Crippen MR) is 104 cm³/mol. The van der Waals surface area contributed by atoms with Crippen molar-refractivity contribution in [1.82, 2.24) is 20.3 Å². The van der Waals surface area contributed by atoms with Gasteiger partial charge in [0.05, 0.1) is 17.1 Å². The fourth-order valence-corrected chi connectivity index (χ4v) is 3.31. The van der Waals surface area contributed by atoms with E-state index in [9.17, 15) is 13.2 Å². The zero-order valence-corrected chi connectivity index (χ0v) is 16.5. The molecule has 4 rings (SSSR count). The standard InChI is InChI=1S/C20H15F3N4O2S/c1-12-5-7-13(8-6-12)18-24-16(28-26-18)10-30-11-17-25-19(27-29-17)14-3-2-4-15(9-14)20(21,22)23/h2-9H,10-11H2,1H3. The van der Waals surface area contributed by atoms with Crippen molar-refractivity contribution in [3.63, 3.8) is 0 Å². The number of hydrogen-bond donors (Lipinski definition) is 0. The molecule has 2 aromatic carbocycles. The minimum Gasteiger partial charge on any atom is -0.338 e. The molecule has 0 aliphatic rings. The molecule has 2 aromatic heterocycles. The molecule has 10 heteroatoms. The van der Waals surface area contributed by atoms with Crippen LogP contribution in [0.4, 0.5) is 13.2 Å². The smallest absolute Gasteiger partial charge is 0.338 e. The fraction of sp³-hybridized carbons (Fsp3) is 0.200. The maximum atomic E-state index is 12.9. The molecule has 0 bridgehead atoms. The average Bonchev–Trinajstić information content (AvgIpc) is 3.38. The minimum atomic E-state index is -4.43. The number of rotatable bonds is 6. The van der Waals surface area contributed by atoms with Gasteiger partial charge in [0.1, 0.15) is 0 Å². The molecule has 0 saturated carbocycles. The Kier molecular flexibility index (Phi) is 5.58. The molecule has 0 saturated heterocycles. The highest BCUT2D eigenvalue weighted by Crippen LogP contribution is 2.31. The van der Waals surface area contributed by atoms with Crippen LogP contribution in [0, 0.1) is 6.92 Å². The van der Waals surface area contributed by atoms with E-state index in [0.29, 0.717) is 29.1 Å². The van der Waals surface area contributed by atoms with Gasteiger partial charge in [-0.15, -0.1) is 11.8 Å². The highest BCUT2D eigenvalue weighted by atomic mass is 32.2. The Balaban J connectivity index is 1.36. The Morgan fingerprint density at radius 2 is 1.43 bits per heavy atom. The molecule has 0 aliphatic carbocycles. The first-order valence-corrected chi connectivity index (χ1v) is 10.0. The Morgan fingerprint density at radius 3 is 2.03 bits per heavy atom. The molecule has 0 fully saturated rings. The molecule has 2 heterocycles. The zero-order chi connectivity index (χ0) is 21.1. The summed E-state index contributed by atoms with van der Waals surface area (Å²) < 4.78 is 49.0. The van der Waals surface area contributed by atoms with E-state index in [1.807, 2.05) is 31.2 Å². The normalized spacial score (nSPS) is 11.7. The highest BCUT2D eigenvalue weighted by Gasteiger charge is 2.30. The van der Waals surface area contributed by atoms with Crippen LogP contribution in [-0.4, -0.2) is 20.3 Å². The van der Waals surface area contributed by atoms with Crippen molar-refractivity contribution in [2.45, 2.75) is 24.6 Å². The van der Waals surface area contributed by atoms with E-state index in [-0.39, 0.29) is 11.4 Å². The van der Waals surface area contributed by atoms with Crippen LogP contribution in [-0.2, 0) is 17.7 Å². The van der Waals surface area contributed by atoms with E-state index in [1.54, 1.807) is 0 Å². The first kappa shape index (κ1) is 20.1. The fourth-order valence-electron chi connectivity index (χ4n) is 2.62. The largest absolute Gasteiger partial charge is 0.416 e. The Hall–Kier alpha value is -3.14. The molecule has 30 heavy (non-hydrogen) atoms. The molecule has 0 amide bonds. The SMILES string of the molecule is Cc1ccc(-c2noc(CSCc3nc(-c4cccc(C(F)(F)F)c4)no3)n2)cc1.